The highest BCUT2D eigenvalue weighted by atomic mass is 35.5. The summed E-state index contributed by atoms with van der Waals surface area (Å²) in [6, 6.07) is 17.7. The van der Waals surface area contributed by atoms with Crippen LogP contribution in [0.25, 0.3) is 0 Å². The number of fused-ring (bicyclic) bond motifs is 1. The summed E-state index contributed by atoms with van der Waals surface area (Å²) in [7, 11) is 0. The summed E-state index contributed by atoms with van der Waals surface area (Å²) in [4.78, 5) is 34.1. The molecule has 1 aromatic heterocycles. The summed E-state index contributed by atoms with van der Waals surface area (Å²) in [5, 5.41) is 2.63. The molecule has 0 spiro atoms. The zero-order valence-electron chi connectivity index (χ0n) is 20.1. The minimum atomic E-state index is -0.251. The van der Waals surface area contributed by atoms with Crippen LogP contribution in [0, 0.1) is 6.92 Å². The fourth-order valence-corrected chi connectivity index (χ4v) is 6.45. The Bertz CT molecular complexity index is 1230. The smallest absolute Gasteiger partial charge is 0.255 e. The van der Waals surface area contributed by atoms with Crippen LogP contribution in [-0.2, 0) is 11.2 Å². The number of halogens is 1. The summed E-state index contributed by atoms with van der Waals surface area (Å²) >= 11 is 8.04. The number of nitrogens with zero attached hydrogens (tertiary/aromatic N) is 3. The molecule has 0 unspecified atom stereocenters. The van der Waals surface area contributed by atoms with Gasteiger partial charge in [-0.1, -0.05) is 48.0 Å². The van der Waals surface area contributed by atoms with Gasteiger partial charge in [0.05, 0.1) is 22.7 Å². The van der Waals surface area contributed by atoms with E-state index in [1.54, 1.807) is 17.0 Å². The van der Waals surface area contributed by atoms with Crippen molar-refractivity contribution in [3.63, 3.8) is 0 Å². The molecule has 0 radical (unpaired) electrons. The maximum Gasteiger partial charge on any atom is 0.255 e. The number of carbonyl (C=O) groups is 2. The summed E-state index contributed by atoms with van der Waals surface area (Å²) in [5.74, 6) is 0.0588. The number of amides is 2. The Morgan fingerprint density at radius 1 is 0.914 bits per heavy atom. The van der Waals surface area contributed by atoms with Gasteiger partial charge in [0.25, 0.3) is 5.91 Å². The van der Waals surface area contributed by atoms with Crippen LogP contribution in [0.15, 0.2) is 60.0 Å². The van der Waals surface area contributed by atoms with Gasteiger partial charge < -0.3 is 9.80 Å². The van der Waals surface area contributed by atoms with Crippen molar-refractivity contribution in [1.82, 2.24) is 14.7 Å². The second-order valence-electron chi connectivity index (χ2n) is 9.32. The van der Waals surface area contributed by atoms with Crippen LogP contribution in [0.1, 0.15) is 44.9 Å². The molecule has 2 aromatic carbocycles. The second-order valence-corrected chi connectivity index (χ2v) is 10.7. The maximum absolute atomic E-state index is 13.7. The summed E-state index contributed by atoms with van der Waals surface area (Å²) in [6.07, 6.45) is 0.965. The molecule has 3 heterocycles. The third-order valence-electron chi connectivity index (χ3n) is 7.32. The Balaban J connectivity index is 1.31. The Kier molecular flexibility index (Phi) is 6.96. The molecule has 5 rings (SSSR count). The Morgan fingerprint density at radius 2 is 1.60 bits per heavy atom. The molecule has 1 saturated heterocycles. The van der Waals surface area contributed by atoms with Crippen LogP contribution in [-0.4, -0.2) is 65.3 Å². The number of hydrogen-bond donors (Lipinski definition) is 0. The van der Waals surface area contributed by atoms with E-state index in [1.807, 2.05) is 35.3 Å². The number of rotatable bonds is 4. The molecule has 3 aromatic rings. The van der Waals surface area contributed by atoms with E-state index in [9.17, 15) is 9.59 Å². The molecule has 0 aliphatic carbocycles. The molecule has 1 fully saturated rings. The van der Waals surface area contributed by atoms with E-state index in [-0.39, 0.29) is 23.9 Å². The first-order valence-electron chi connectivity index (χ1n) is 12.2. The van der Waals surface area contributed by atoms with Crippen LogP contribution in [0.3, 0.4) is 0 Å². The predicted octanol–water partition coefficient (Wildman–Crippen LogP) is 5.03. The van der Waals surface area contributed by atoms with Crippen molar-refractivity contribution in [2.45, 2.75) is 32.4 Å². The van der Waals surface area contributed by atoms with Crippen molar-refractivity contribution in [1.29, 1.82) is 0 Å². The van der Waals surface area contributed by atoms with Crippen LogP contribution in [0.2, 0.25) is 5.02 Å². The highest BCUT2D eigenvalue weighted by Crippen LogP contribution is 2.40. The lowest BCUT2D eigenvalue weighted by Crippen LogP contribution is -2.56. The SMILES string of the molecule is Cc1ccccc1[C@@H]1c2ccsc2CCN1[C@H](C)C(=O)N1CCN(C(=O)c2ccccc2Cl)CC1. The summed E-state index contributed by atoms with van der Waals surface area (Å²) in [6.45, 7) is 7.13. The first-order chi connectivity index (χ1) is 17.0. The third kappa shape index (κ3) is 4.63. The average molecular weight is 508 g/mol. The average Bonchev–Trinajstić information content (AvgIpc) is 3.37. The maximum atomic E-state index is 13.7. The number of thiophene rings is 1. The first kappa shape index (κ1) is 24.0. The summed E-state index contributed by atoms with van der Waals surface area (Å²) in [5.41, 5.74) is 4.35. The van der Waals surface area contributed by atoms with Crippen molar-refractivity contribution < 1.29 is 9.59 Å². The monoisotopic (exact) mass is 507 g/mol. The number of benzene rings is 2. The lowest BCUT2D eigenvalue weighted by Gasteiger charge is -2.43. The highest BCUT2D eigenvalue weighted by molar-refractivity contribution is 7.10. The predicted molar refractivity (Wildman–Crippen MR) is 141 cm³/mol. The van der Waals surface area contributed by atoms with Crippen molar-refractivity contribution in [2.75, 3.05) is 32.7 Å². The fraction of sp³-hybridized carbons (Fsp3) is 0.357. The van der Waals surface area contributed by atoms with Crippen LogP contribution in [0.4, 0.5) is 0 Å². The van der Waals surface area contributed by atoms with Gasteiger partial charge in [0.1, 0.15) is 0 Å². The van der Waals surface area contributed by atoms with Crippen molar-refractivity contribution in [3.05, 3.63) is 92.1 Å². The fourth-order valence-electron chi connectivity index (χ4n) is 5.33. The topological polar surface area (TPSA) is 43.9 Å². The second kappa shape index (κ2) is 10.1. The van der Waals surface area contributed by atoms with Gasteiger partial charge >= 0.3 is 0 Å². The molecule has 2 aliphatic rings. The minimum absolute atomic E-state index is 0.0728. The Morgan fingerprint density at radius 3 is 2.34 bits per heavy atom. The van der Waals surface area contributed by atoms with Crippen LogP contribution < -0.4 is 0 Å². The van der Waals surface area contributed by atoms with E-state index in [0.29, 0.717) is 36.8 Å². The third-order valence-corrected chi connectivity index (χ3v) is 8.65. The van der Waals surface area contributed by atoms with Crippen molar-refractivity contribution >= 4 is 34.8 Å². The van der Waals surface area contributed by atoms with Crippen molar-refractivity contribution in [3.8, 4) is 0 Å². The van der Waals surface area contributed by atoms with E-state index >= 15 is 0 Å². The highest BCUT2D eigenvalue weighted by Gasteiger charge is 2.38. The van der Waals surface area contributed by atoms with E-state index < -0.39 is 0 Å². The molecule has 5 nitrogen and oxygen atoms in total. The Hall–Kier alpha value is -2.67. The number of hydrogen-bond acceptors (Lipinski definition) is 4. The minimum Gasteiger partial charge on any atom is -0.338 e. The van der Waals surface area contributed by atoms with Gasteiger partial charge in [0.15, 0.2) is 0 Å². The molecule has 35 heavy (non-hydrogen) atoms. The molecule has 0 N–H and O–H groups in total. The molecule has 0 saturated carbocycles. The molecule has 2 amide bonds. The molecule has 2 aliphatic heterocycles. The van der Waals surface area contributed by atoms with Crippen LogP contribution >= 0.6 is 22.9 Å². The van der Waals surface area contributed by atoms with E-state index in [2.05, 4.69) is 47.5 Å². The van der Waals surface area contributed by atoms with E-state index in [1.165, 1.54) is 21.6 Å². The summed E-state index contributed by atoms with van der Waals surface area (Å²) < 4.78 is 0. The lowest BCUT2D eigenvalue weighted by atomic mass is 9.89. The van der Waals surface area contributed by atoms with E-state index in [0.717, 1.165) is 13.0 Å². The Labute approximate surface area is 215 Å². The first-order valence-corrected chi connectivity index (χ1v) is 13.4. The molecular weight excluding hydrogens is 478 g/mol. The van der Waals surface area contributed by atoms with Gasteiger partial charge in [0, 0.05) is 37.6 Å². The van der Waals surface area contributed by atoms with Gasteiger partial charge in [-0.3, -0.25) is 14.5 Å². The molecule has 0 bridgehead atoms. The van der Waals surface area contributed by atoms with Gasteiger partial charge in [-0.2, -0.15) is 0 Å². The van der Waals surface area contributed by atoms with Crippen LogP contribution in [0.5, 0.6) is 0 Å². The lowest BCUT2D eigenvalue weighted by molar-refractivity contribution is -0.138. The zero-order valence-corrected chi connectivity index (χ0v) is 21.7. The molecule has 2 atom stereocenters. The van der Waals surface area contributed by atoms with Gasteiger partial charge in [-0.15, -0.1) is 11.3 Å². The van der Waals surface area contributed by atoms with Gasteiger partial charge in [-0.05, 0) is 60.5 Å². The van der Waals surface area contributed by atoms with Gasteiger partial charge in [0.2, 0.25) is 5.91 Å². The molecule has 7 heteroatoms. The molecule has 182 valence electrons. The quantitative estimate of drug-likeness (QED) is 0.497. The number of piperazine rings is 1. The largest absolute Gasteiger partial charge is 0.338 e. The number of aryl methyl sites for hydroxylation is 1. The zero-order chi connectivity index (χ0) is 24.5. The molecular formula is C28H30ClN3O2S. The number of carbonyl (C=O) groups excluding carboxylic acids is 2. The van der Waals surface area contributed by atoms with Crippen molar-refractivity contribution in [2.24, 2.45) is 0 Å². The standard InChI is InChI=1S/C28H30ClN3O2S/c1-19-7-3-4-8-21(19)26-23-12-18-35-25(23)11-13-32(26)20(2)27(33)30-14-16-31(17-15-30)28(34)22-9-5-6-10-24(22)29/h3-10,12,18,20,26H,11,13-17H2,1-2H3/t20-,26-/m1/s1. The van der Waals surface area contributed by atoms with E-state index in [4.69, 9.17) is 11.6 Å². The normalized spacial score (nSPS) is 19.3. The van der Waals surface area contributed by atoms with Gasteiger partial charge in [-0.25, -0.2) is 0 Å².